The number of hydrogen-bond acceptors (Lipinski definition) is 2. The molecule has 0 aliphatic heterocycles. The maximum absolute atomic E-state index is 10.1. The minimum atomic E-state index is -0.390. The van der Waals surface area contributed by atoms with Crippen molar-refractivity contribution in [2.75, 3.05) is 5.75 Å². The molecule has 3 heteroatoms. The Morgan fingerprint density at radius 2 is 2.12 bits per heavy atom. The highest BCUT2D eigenvalue weighted by molar-refractivity contribution is 7.99. The maximum atomic E-state index is 10.1. The van der Waals surface area contributed by atoms with Crippen molar-refractivity contribution in [3.63, 3.8) is 0 Å². The first-order chi connectivity index (χ1) is 8.16. The minimum Gasteiger partial charge on any atom is -0.388 e. The van der Waals surface area contributed by atoms with Crippen molar-refractivity contribution in [2.24, 2.45) is 0 Å². The van der Waals surface area contributed by atoms with Gasteiger partial charge in [0.25, 0.3) is 0 Å². The van der Waals surface area contributed by atoms with Gasteiger partial charge in [-0.25, -0.2) is 0 Å². The van der Waals surface area contributed by atoms with Crippen LogP contribution in [0.15, 0.2) is 18.2 Å². The highest BCUT2D eigenvalue weighted by atomic mass is 35.5. The molecule has 0 amide bonds. The molecule has 2 rings (SSSR count). The Balaban J connectivity index is 1.89. The van der Waals surface area contributed by atoms with Crippen LogP contribution in [-0.4, -0.2) is 16.1 Å². The Kier molecular flexibility index (Phi) is 4.78. The van der Waals surface area contributed by atoms with Gasteiger partial charge >= 0.3 is 0 Å². The molecule has 0 saturated heterocycles. The highest BCUT2D eigenvalue weighted by Gasteiger charge is 2.17. The second kappa shape index (κ2) is 6.12. The molecule has 1 N–H and O–H groups in total. The Morgan fingerprint density at radius 1 is 1.41 bits per heavy atom. The van der Waals surface area contributed by atoms with E-state index in [0.717, 1.165) is 27.2 Å². The van der Waals surface area contributed by atoms with Gasteiger partial charge in [-0.05, 0) is 37.0 Å². The van der Waals surface area contributed by atoms with E-state index < -0.39 is 6.10 Å². The van der Waals surface area contributed by atoms with E-state index in [4.69, 9.17) is 11.6 Å². The largest absolute Gasteiger partial charge is 0.388 e. The number of aryl methyl sites for hydroxylation is 1. The van der Waals surface area contributed by atoms with E-state index in [9.17, 15) is 5.11 Å². The molecule has 1 fully saturated rings. The molecule has 1 aromatic rings. The molecule has 1 unspecified atom stereocenters. The van der Waals surface area contributed by atoms with Crippen LogP contribution in [0.3, 0.4) is 0 Å². The lowest BCUT2D eigenvalue weighted by Gasteiger charge is -2.14. The molecule has 0 spiro atoms. The van der Waals surface area contributed by atoms with Gasteiger partial charge in [0.15, 0.2) is 0 Å². The molecule has 1 saturated carbocycles. The predicted octanol–water partition coefficient (Wildman–Crippen LogP) is 4.36. The summed E-state index contributed by atoms with van der Waals surface area (Å²) >= 11 is 7.97. The van der Waals surface area contributed by atoms with Gasteiger partial charge in [0, 0.05) is 16.0 Å². The maximum Gasteiger partial charge on any atom is 0.0881 e. The summed E-state index contributed by atoms with van der Waals surface area (Å²) in [7, 11) is 0. The van der Waals surface area contributed by atoms with Crippen molar-refractivity contribution in [1.29, 1.82) is 0 Å². The summed E-state index contributed by atoms with van der Waals surface area (Å²) in [6.07, 6.45) is 4.94. The Hall–Kier alpha value is -0.180. The molecule has 1 atom stereocenters. The molecule has 0 aromatic heterocycles. The summed E-state index contributed by atoms with van der Waals surface area (Å²) in [5, 5.41) is 11.6. The Labute approximate surface area is 113 Å². The molecule has 0 heterocycles. The van der Waals surface area contributed by atoms with Crippen LogP contribution in [0.4, 0.5) is 0 Å². The number of aliphatic hydroxyl groups is 1. The summed E-state index contributed by atoms with van der Waals surface area (Å²) < 4.78 is 0. The second-order valence-electron chi connectivity index (χ2n) is 4.76. The highest BCUT2D eigenvalue weighted by Crippen LogP contribution is 2.32. The smallest absolute Gasteiger partial charge is 0.0881 e. The van der Waals surface area contributed by atoms with Crippen molar-refractivity contribution in [3.05, 3.63) is 34.3 Å². The van der Waals surface area contributed by atoms with E-state index in [-0.39, 0.29) is 0 Å². The first kappa shape index (κ1) is 13.3. The van der Waals surface area contributed by atoms with E-state index in [1.54, 1.807) is 0 Å². The van der Waals surface area contributed by atoms with Crippen LogP contribution in [0.5, 0.6) is 0 Å². The normalized spacial score (nSPS) is 18.5. The number of hydrogen-bond donors (Lipinski definition) is 1. The van der Waals surface area contributed by atoms with Crippen LogP contribution in [0.2, 0.25) is 5.02 Å². The molecule has 1 aliphatic carbocycles. The fourth-order valence-corrected chi connectivity index (χ4v) is 3.70. The molecular formula is C14H19ClOS. The zero-order chi connectivity index (χ0) is 12.3. The summed E-state index contributed by atoms with van der Waals surface area (Å²) in [5.41, 5.74) is 2.00. The fourth-order valence-electron chi connectivity index (χ4n) is 2.19. The number of benzene rings is 1. The summed E-state index contributed by atoms with van der Waals surface area (Å²) in [6.45, 7) is 1.98. The van der Waals surface area contributed by atoms with Gasteiger partial charge in [0.2, 0.25) is 0 Å². The average molecular weight is 271 g/mol. The molecule has 1 aromatic carbocycles. The van der Waals surface area contributed by atoms with E-state index in [1.807, 2.05) is 36.9 Å². The third-order valence-electron chi connectivity index (χ3n) is 3.37. The fraction of sp³-hybridized carbons (Fsp3) is 0.571. The van der Waals surface area contributed by atoms with Crippen LogP contribution in [0.25, 0.3) is 0 Å². The third-order valence-corrected chi connectivity index (χ3v) is 5.23. The quantitative estimate of drug-likeness (QED) is 0.877. The van der Waals surface area contributed by atoms with Crippen molar-refractivity contribution in [2.45, 2.75) is 44.0 Å². The Bertz CT molecular complexity index is 374. The topological polar surface area (TPSA) is 20.2 Å². The minimum absolute atomic E-state index is 0.390. The van der Waals surface area contributed by atoms with Crippen molar-refractivity contribution in [3.8, 4) is 0 Å². The molecule has 17 heavy (non-hydrogen) atoms. The second-order valence-corrected chi connectivity index (χ2v) is 6.50. The molecule has 1 aliphatic rings. The first-order valence-electron chi connectivity index (χ1n) is 6.22. The number of rotatable bonds is 4. The predicted molar refractivity (Wildman–Crippen MR) is 75.9 cm³/mol. The third kappa shape index (κ3) is 3.64. The number of halogens is 1. The van der Waals surface area contributed by atoms with Gasteiger partial charge < -0.3 is 5.11 Å². The van der Waals surface area contributed by atoms with Gasteiger partial charge in [-0.3, -0.25) is 0 Å². The van der Waals surface area contributed by atoms with Crippen LogP contribution in [0, 0.1) is 6.92 Å². The van der Waals surface area contributed by atoms with E-state index in [0.29, 0.717) is 0 Å². The summed E-state index contributed by atoms with van der Waals surface area (Å²) in [4.78, 5) is 0. The lowest BCUT2D eigenvalue weighted by Crippen LogP contribution is -2.05. The lowest BCUT2D eigenvalue weighted by atomic mass is 10.1. The molecular weight excluding hydrogens is 252 g/mol. The SMILES string of the molecule is Cc1ccc(C(O)CSC2CCCC2)cc1Cl. The molecule has 94 valence electrons. The number of aliphatic hydroxyl groups excluding tert-OH is 1. The van der Waals surface area contributed by atoms with E-state index >= 15 is 0 Å². The van der Waals surface area contributed by atoms with Gasteiger partial charge in [0.05, 0.1) is 6.10 Å². The standard InChI is InChI=1S/C14H19ClOS/c1-10-6-7-11(8-13(10)15)14(16)9-17-12-4-2-3-5-12/h6-8,12,14,16H,2-5,9H2,1H3. The monoisotopic (exact) mass is 270 g/mol. The van der Waals surface area contributed by atoms with Crippen LogP contribution >= 0.6 is 23.4 Å². The van der Waals surface area contributed by atoms with Crippen LogP contribution in [-0.2, 0) is 0 Å². The van der Waals surface area contributed by atoms with Gasteiger partial charge in [0.1, 0.15) is 0 Å². The Morgan fingerprint density at radius 3 is 2.76 bits per heavy atom. The van der Waals surface area contributed by atoms with Crippen LogP contribution < -0.4 is 0 Å². The van der Waals surface area contributed by atoms with Gasteiger partial charge in [-0.2, -0.15) is 11.8 Å². The molecule has 1 nitrogen and oxygen atoms in total. The first-order valence-corrected chi connectivity index (χ1v) is 7.65. The van der Waals surface area contributed by atoms with Crippen LogP contribution in [0.1, 0.15) is 42.9 Å². The zero-order valence-electron chi connectivity index (χ0n) is 10.2. The number of thioether (sulfide) groups is 1. The van der Waals surface area contributed by atoms with E-state index in [1.165, 1.54) is 25.7 Å². The van der Waals surface area contributed by atoms with Gasteiger partial charge in [-0.15, -0.1) is 0 Å². The van der Waals surface area contributed by atoms with Crippen molar-refractivity contribution in [1.82, 2.24) is 0 Å². The lowest BCUT2D eigenvalue weighted by molar-refractivity contribution is 0.204. The van der Waals surface area contributed by atoms with Gasteiger partial charge in [-0.1, -0.05) is 36.6 Å². The van der Waals surface area contributed by atoms with Crippen molar-refractivity contribution >= 4 is 23.4 Å². The summed E-state index contributed by atoms with van der Waals surface area (Å²) in [6, 6.07) is 5.83. The van der Waals surface area contributed by atoms with E-state index in [2.05, 4.69) is 0 Å². The van der Waals surface area contributed by atoms with Crippen molar-refractivity contribution < 1.29 is 5.11 Å². The molecule has 0 bridgehead atoms. The zero-order valence-corrected chi connectivity index (χ0v) is 11.7. The average Bonchev–Trinajstić information content (AvgIpc) is 2.82. The molecule has 0 radical (unpaired) electrons. The summed E-state index contributed by atoms with van der Waals surface area (Å²) in [5.74, 6) is 0.782.